The van der Waals surface area contributed by atoms with Crippen LogP contribution in [-0.2, 0) is 0 Å². The number of hydrogen-bond donors (Lipinski definition) is 0. The maximum Gasteiger partial charge on any atom is 0.274 e. The second kappa shape index (κ2) is 8.38. The van der Waals surface area contributed by atoms with Gasteiger partial charge < -0.3 is 9.80 Å². The molecule has 1 amide bonds. The lowest BCUT2D eigenvalue weighted by molar-refractivity contribution is 0.0760. The van der Waals surface area contributed by atoms with Gasteiger partial charge in [0, 0.05) is 32.4 Å². The number of nitriles is 1. The first-order valence-corrected chi connectivity index (χ1v) is 9.88. The van der Waals surface area contributed by atoms with Crippen molar-refractivity contribution in [1.82, 2.24) is 14.7 Å². The average Bonchev–Trinajstić information content (AvgIpc) is 3.12. The molecule has 7 heteroatoms. The lowest BCUT2D eigenvalue weighted by atomic mass is 10.2. The predicted octanol–water partition coefficient (Wildman–Crippen LogP) is 3.75. The van der Waals surface area contributed by atoms with Crippen LogP contribution in [0, 0.1) is 11.3 Å². The fraction of sp³-hybridized carbons (Fsp3) is 0.227. The van der Waals surface area contributed by atoms with E-state index in [4.69, 9.17) is 16.9 Å². The number of amides is 1. The summed E-state index contributed by atoms with van der Waals surface area (Å²) in [7, 11) is 0. The van der Waals surface area contributed by atoms with Crippen LogP contribution >= 0.6 is 11.6 Å². The molecule has 2 aromatic carbocycles. The van der Waals surface area contributed by atoms with E-state index < -0.39 is 0 Å². The molecule has 1 fully saturated rings. The van der Waals surface area contributed by atoms with E-state index in [1.54, 1.807) is 35.1 Å². The molecule has 0 unspecified atom stereocenters. The summed E-state index contributed by atoms with van der Waals surface area (Å²) in [5.41, 5.74) is 2.71. The Morgan fingerprint density at radius 3 is 2.72 bits per heavy atom. The van der Waals surface area contributed by atoms with E-state index in [0.717, 1.165) is 35.9 Å². The number of rotatable bonds is 3. The second-order valence-electron chi connectivity index (χ2n) is 6.89. The Morgan fingerprint density at radius 1 is 1.03 bits per heavy atom. The first kappa shape index (κ1) is 19.0. The lowest BCUT2D eigenvalue weighted by Gasteiger charge is -2.24. The van der Waals surface area contributed by atoms with Gasteiger partial charge in [-0.2, -0.15) is 10.4 Å². The van der Waals surface area contributed by atoms with Crippen LogP contribution < -0.4 is 4.90 Å². The predicted molar refractivity (Wildman–Crippen MR) is 112 cm³/mol. The fourth-order valence-electron chi connectivity index (χ4n) is 3.53. The van der Waals surface area contributed by atoms with Gasteiger partial charge in [-0.15, -0.1) is 0 Å². The zero-order valence-electron chi connectivity index (χ0n) is 15.8. The van der Waals surface area contributed by atoms with Crippen molar-refractivity contribution in [3.8, 4) is 11.8 Å². The number of carbonyl (C=O) groups excluding carboxylic acids is 1. The van der Waals surface area contributed by atoms with Crippen molar-refractivity contribution in [1.29, 1.82) is 5.26 Å². The third kappa shape index (κ3) is 4.10. The van der Waals surface area contributed by atoms with Crippen molar-refractivity contribution >= 4 is 23.2 Å². The highest BCUT2D eigenvalue weighted by Crippen LogP contribution is 2.26. The Labute approximate surface area is 174 Å². The topological polar surface area (TPSA) is 65.2 Å². The van der Waals surface area contributed by atoms with Crippen LogP contribution in [0.25, 0.3) is 5.69 Å². The SMILES string of the molecule is N#Cc1cccc(-n2ccc(C(=O)N3CCCN(c4ccccc4Cl)CC3)n2)c1. The molecule has 0 aliphatic carbocycles. The van der Waals surface area contributed by atoms with Crippen LogP contribution in [0.5, 0.6) is 0 Å². The highest BCUT2D eigenvalue weighted by molar-refractivity contribution is 6.33. The minimum atomic E-state index is -0.0822. The maximum absolute atomic E-state index is 13.0. The molecule has 6 nitrogen and oxygen atoms in total. The van der Waals surface area contributed by atoms with Gasteiger partial charge in [0.2, 0.25) is 0 Å². The number of benzene rings is 2. The maximum atomic E-state index is 13.0. The lowest BCUT2D eigenvalue weighted by Crippen LogP contribution is -2.35. The molecule has 1 saturated heterocycles. The molecule has 1 aromatic heterocycles. The Bertz CT molecular complexity index is 1070. The summed E-state index contributed by atoms with van der Waals surface area (Å²) in [6, 6.07) is 18.8. The highest BCUT2D eigenvalue weighted by Gasteiger charge is 2.23. The smallest absolute Gasteiger partial charge is 0.274 e. The van der Waals surface area contributed by atoms with Crippen LogP contribution in [-0.4, -0.2) is 46.8 Å². The van der Waals surface area contributed by atoms with Crippen molar-refractivity contribution in [2.75, 3.05) is 31.1 Å². The van der Waals surface area contributed by atoms with E-state index in [2.05, 4.69) is 16.1 Å². The first-order valence-electron chi connectivity index (χ1n) is 9.50. The monoisotopic (exact) mass is 405 g/mol. The van der Waals surface area contributed by atoms with E-state index in [1.807, 2.05) is 35.2 Å². The minimum Gasteiger partial charge on any atom is -0.368 e. The summed E-state index contributed by atoms with van der Waals surface area (Å²) < 4.78 is 1.63. The van der Waals surface area contributed by atoms with Crippen LogP contribution in [0.15, 0.2) is 60.8 Å². The first-order chi connectivity index (χ1) is 14.2. The third-order valence-electron chi connectivity index (χ3n) is 5.02. The molecule has 1 aliphatic rings. The third-order valence-corrected chi connectivity index (χ3v) is 5.34. The molecule has 0 saturated carbocycles. The van der Waals surface area contributed by atoms with E-state index >= 15 is 0 Å². The molecule has 0 N–H and O–H groups in total. The zero-order chi connectivity index (χ0) is 20.2. The van der Waals surface area contributed by atoms with Crippen LogP contribution in [0.4, 0.5) is 5.69 Å². The van der Waals surface area contributed by atoms with Crippen molar-refractivity contribution in [2.45, 2.75) is 6.42 Å². The number of aromatic nitrogens is 2. The van der Waals surface area contributed by atoms with Gasteiger partial charge in [0.1, 0.15) is 0 Å². The number of para-hydroxylation sites is 1. The van der Waals surface area contributed by atoms with Gasteiger partial charge >= 0.3 is 0 Å². The largest absolute Gasteiger partial charge is 0.368 e. The molecular weight excluding hydrogens is 386 g/mol. The standard InChI is InChI=1S/C22H20ClN5O/c23-19-7-1-2-8-21(19)26-10-4-11-27(14-13-26)22(29)20-9-12-28(25-20)18-6-3-5-17(15-18)16-24/h1-3,5-9,12,15H,4,10-11,13-14H2. The number of nitrogens with zero attached hydrogens (tertiary/aromatic N) is 5. The van der Waals surface area contributed by atoms with Gasteiger partial charge in [-0.05, 0) is 42.8 Å². The van der Waals surface area contributed by atoms with Crippen LogP contribution in [0.3, 0.4) is 0 Å². The Morgan fingerprint density at radius 2 is 1.90 bits per heavy atom. The normalized spacial score (nSPS) is 14.3. The van der Waals surface area contributed by atoms with E-state index in [1.165, 1.54) is 0 Å². The number of hydrogen-bond acceptors (Lipinski definition) is 4. The molecule has 29 heavy (non-hydrogen) atoms. The van der Waals surface area contributed by atoms with Gasteiger partial charge in [0.25, 0.3) is 5.91 Å². The van der Waals surface area contributed by atoms with Gasteiger partial charge in [-0.25, -0.2) is 4.68 Å². The molecule has 3 aromatic rings. The summed E-state index contributed by atoms with van der Waals surface area (Å²) in [5, 5.41) is 14.2. The minimum absolute atomic E-state index is 0.0822. The fourth-order valence-corrected chi connectivity index (χ4v) is 3.79. The quantitative estimate of drug-likeness (QED) is 0.665. The van der Waals surface area contributed by atoms with E-state index in [0.29, 0.717) is 24.3 Å². The molecule has 0 spiro atoms. The van der Waals surface area contributed by atoms with Crippen LogP contribution in [0.2, 0.25) is 5.02 Å². The summed E-state index contributed by atoms with van der Waals surface area (Å²) in [4.78, 5) is 17.0. The zero-order valence-corrected chi connectivity index (χ0v) is 16.6. The summed E-state index contributed by atoms with van der Waals surface area (Å²) in [5.74, 6) is -0.0822. The molecule has 0 radical (unpaired) electrons. The molecule has 0 atom stereocenters. The molecule has 1 aliphatic heterocycles. The number of anilines is 1. The van der Waals surface area contributed by atoms with E-state index in [9.17, 15) is 4.79 Å². The highest BCUT2D eigenvalue weighted by atomic mass is 35.5. The van der Waals surface area contributed by atoms with Crippen molar-refractivity contribution < 1.29 is 4.79 Å². The molecule has 0 bridgehead atoms. The van der Waals surface area contributed by atoms with Gasteiger partial charge in [0.15, 0.2) is 5.69 Å². The van der Waals surface area contributed by atoms with Crippen molar-refractivity contribution in [3.05, 3.63) is 77.1 Å². The molecule has 4 rings (SSSR count). The summed E-state index contributed by atoms with van der Waals surface area (Å²) >= 11 is 6.33. The van der Waals surface area contributed by atoms with Crippen molar-refractivity contribution in [2.24, 2.45) is 0 Å². The Kier molecular flexibility index (Phi) is 5.50. The Balaban J connectivity index is 1.47. The Hall–Kier alpha value is -3.30. The molecule has 2 heterocycles. The van der Waals surface area contributed by atoms with E-state index in [-0.39, 0.29) is 5.91 Å². The van der Waals surface area contributed by atoms with Crippen LogP contribution in [0.1, 0.15) is 22.5 Å². The molecule has 146 valence electrons. The second-order valence-corrected chi connectivity index (χ2v) is 7.30. The summed E-state index contributed by atoms with van der Waals surface area (Å²) in [6.45, 7) is 2.86. The van der Waals surface area contributed by atoms with Gasteiger partial charge in [0.05, 0.1) is 28.0 Å². The number of carbonyl (C=O) groups is 1. The number of halogens is 1. The average molecular weight is 406 g/mol. The molecular formula is C22H20ClN5O. The summed E-state index contributed by atoms with van der Waals surface area (Å²) in [6.07, 6.45) is 2.61. The van der Waals surface area contributed by atoms with Gasteiger partial charge in [-0.3, -0.25) is 4.79 Å². The van der Waals surface area contributed by atoms with Crippen molar-refractivity contribution in [3.63, 3.8) is 0 Å². The van der Waals surface area contributed by atoms with Gasteiger partial charge in [-0.1, -0.05) is 29.8 Å².